The molecule has 1 atom stereocenters. The normalized spacial score (nSPS) is 11.9. The standard InChI is InChI=1S/C10H12BrN3OS/c1-6(2-9(12)16)14-10(15)7-3-8(11)5-13-4-7/h3-6H,2H2,1H3,(H2,12,16)(H,14,15). The second kappa shape index (κ2) is 5.91. The van der Waals surface area contributed by atoms with Gasteiger partial charge in [-0.1, -0.05) is 12.2 Å². The Balaban J connectivity index is 2.62. The highest BCUT2D eigenvalue weighted by molar-refractivity contribution is 9.10. The number of hydrogen-bond donors (Lipinski definition) is 2. The largest absolute Gasteiger partial charge is 0.393 e. The van der Waals surface area contributed by atoms with E-state index in [0.717, 1.165) is 4.47 Å². The molecule has 0 aliphatic heterocycles. The molecule has 4 nitrogen and oxygen atoms in total. The number of amides is 1. The van der Waals surface area contributed by atoms with Gasteiger partial charge in [0.15, 0.2) is 0 Å². The van der Waals surface area contributed by atoms with Crippen molar-refractivity contribution < 1.29 is 4.79 Å². The van der Waals surface area contributed by atoms with Gasteiger partial charge in [0.05, 0.1) is 10.6 Å². The van der Waals surface area contributed by atoms with Gasteiger partial charge < -0.3 is 11.1 Å². The first-order chi connectivity index (χ1) is 7.49. The van der Waals surface area contributed by atoms with Crippen molar-refractivity contribution in [3.05, 3.63) is 28.5 Å². The summed E-state index contributed by atoms with van der Waals surface area (Å²) >= 11 is 8.02. The molecule has 0 fully saturated rings. The number of rotatable bonds is 4. The molecule has 3 N–H and O–H groups in total. The first-order valence-electron chi connectivity index (χ1n) is 4.68. The molecule has 86 valence electrons. The summed E-state index contributed by atoms with van der Waals surface area (Å²) < 4.78 is 0.766. The molecular weight excluding hydrogens is 290 g/mol. The summed E-state index contributed by atoms with van der Waals surface area (Å²) in [7, 11) is 0. The van der Waals surface area contributed by atoms with Crippen molar-refractivity contribution in [2.24, 2.45) is 5.73 Å². The summed E-state index contributed by atoms with van der Waals surface area (Å²) in [6.07, 6.45) is 3.62. The molecule has 16 heavy (non-hydrogen) atoms. The SMILES string of the molecule is CC(CC(N)=S)NC(=O)c1cncc(Br)c1. The Kier molecular flexibility index (Phi) is 4.82. The van der Waals surface area contributed by atoms with Crippen molar-refractivity contribution >= 4 is 39.0 Å². The second-order valence-electron chi connectivity index (χ2n) is 3.44. The van der Waals surface area contributed by atoms with Gasteiger partial charge in [-0.05, 0) is 28.9 Å². The number of pyridine rings is 1. The highest BCUT2D eigenvalue weighted by atomic mass is 79.9. The lowest BCUT2D eigenvalue weighted by molar-refractivity contribution is 0.0941. The Morgan fingerprint density at radius 1 is 1.69 bits per heavy atom. The fourth-order valence-corrected chi connectivity index (χ4v) is 1.81. The van der Waals surface area contributed by atoms with Crippen molar-refractivity contribution in [2.75, 3.05) is 0 Å². The van der Waals surface area contributed by atoms with E-state index < -0.39 is 0 Å². The van der Waals surface area contributed by atoms with Crippen molar-refractivity contribution in [1.82, 2.24) is 10.3 Å². The van der Waals surface area contributed by atoms with Gasteiger partial charge in [0.1, 0.15) is 0 Å². The molecule has 0 aliphatic rings. The third-order valence-electron chi connectivity index (χ3n) is 1.85. The third kappa shape index (κ3) is 4.24. The van der Waals surface area contributed by atoms with E-state index >= 15 is 0 Å². The van der Waals surface area contributed by atoms with E-state index in [4.69, 9.17) is 18.0 Å². The molecule has 0 spiro atoms. The van der Waals surface area contributed by atoms with E-state index in [1.807, 2.05) is 6.92 Å². The Labute approximate surface area is 108 Å². The second-order valence-corrected chi connectivity index (χ2v) is 4.88. The molecular formula is C10H12BrN3OS. The fraction of sp³-hybridized carbons (Fsp3) is 0.300. The smallest absolute Gasteiger partial charge is 0.253 e. The van der Waals surface area contributed by atoms with Crippen LogP contribution < -0.4 is 11.1 Å². The van der Waals surface area contributed by atoms with Gasteiger partial charge in [0.25, 0.3) is 5.91 Å². The molecule has 0 radical (unpaired) electrons. The van der Waals surface area contributed by atoms with Crippen molar-refractivity contribution in [3.8, 4) is 0 Å². The minimum Gasteiger partial charge on any atom is -0.393 e. The average molecular weight is 302 g/mol. The van der Waals surface area contributed by atoms with Gasteiger partial charge in [0.2, 0.25) is 0 Å². The molecule has 1 aromatic rings. The quantitative estimate of drug-likeness (QED) is 0.830. The van der Waals surface area contributed by atoms with Crippen LogP contribution in [0.1, 0.15) is 23.7 Å². The summed E-state index contributed by atoms with van der Waals surface area (Å²) in [6.45, 7) is 1.85. The zero-order chi connectivity index (χ0) is 12.1. The number of nitrogens with zero attached hydrogens (tertiary/aromatic N) is 1. The number of nitrogens with two attached hydrogens (primary N) is 1. The molecule has 1 aromatic heterocycles. The number of carbonyl (C=O) groups excluding carboxylic acids is 1. The first kappa shape index (κ1) is 13.1. The van der Waals surface area contributed by atoms with Crippen LogP contribution in [-0.2, 0) is 0 Å². The molecule has 0 bridgehead atoms. The Morgan fingerprint density at radius 3 is 2.94 bits per heavy atom. The van der Waals surface area contributed by atoms with Crippen LogP contribution in [0.2, 0.25) is 0 Å². The van der Waals surface area contributed by atoms with Gasteiger partial charge in [-0.15, -0.1) is 0 Å². The summed E-state index contributed by atoms with van der Waals surface area (Å²) in [4.78, 5) is 16.0. The zero-order valence-electron chi connectivity index (χ0n) is 8.74. The van der Waals surface area contributed by atoms with Crippen LogP contribution in [-0.4, -0.2) is 21.9 Å². The summed E-state index contributed by atoms with van der Waals surface area (Å²) in [5.41, 5.74) is 5.90. The number of halogens is 1. The van der Waals surface area contributed by atoms with Crippen LogP contribution in [0.15, 0.2) is 22.9 Å². The number of carbonyl (C=O) groups is 1. The fourth-order valence-electron chi connectivity index (χ4n) is 1.20. The average Bonchev–Trinajstić information content (AvgIpc) is 2.16. The molecule has 1 amide bonds. The molecule has 0 saturated carbocycles. The highest BCUT2D eigenvalue weighted by Crippen LogP contribution is 2.09. The van der Waals surface area contributed by atoms with Gasteiger partial charge in [0, 0.05) is 29.3 Å². The van der Waals surface area contributed by atoms with E-state index in [2.05, 4.69) is 26.2 Å². The van der Waals surface area contributed by atoms with E-state index in [0.29, 0.717) is 17.0 Å². The molecule has 6 heteroatoms. The summed E-state index contributed by atoms with van der Waals surface area (Å²) in [5.74, 6) is -0.183. The van der Waals surface area contributed by atoms with Crippen LogP contribution in [0, 0.1) is 0 Å². The summed E-state index contributed by atoms with van der Waals surface area (Å²) in [5, 5.41) is 2.79. The number of nitrogens with one attached hydrogen (secondary N) is 1. The Bertz CT molecular complexity index is 411. The van der Waals surface area contributed by atoms with Crippen LogP contribution in [0.5, 0.6) is 0 Å². The molecule has 0 aliphatic carbocycles. The lowest BCUT2D eigenvalue weighted by Crippen LogP contribution is -2.35. The monoisotopic (exact) mass is 301 g/mol. The number of thiocarbonyl (C=S) groups is 1. The van der Waals surface area contributed by atoms with Gasteiger partial charge in [-0.25, -0.2) is 0 Å². The van der Waals surface area contributed by atoms with Gasteiger partial charge >= 0.3 is 0 Å². The Hall–Kier alpha value is -1.01. The van der Waals surface area contributed by atoms with E-state index in [1.54, 1.807) is 12.3 Å². The maximum Gasteiger partial charge on any atom is 0.253 e. The van der Waals surface area contributed by atoms with Crippen LogP contribution >= 0.6 is 28.1 Å². The predicted molar refractivity (Wildman–Crippen MR) is 70.3 cm³/mol. The van der Waals surface area contributed by atoms with E-state index in [1.165, 1.54) is 6.20 Å². The van der Waals surface area contributed by atoms with E-state index in [-0.39, 0.29) is 11.9 Å². The maximum atomic E-state index is 11.7. The predicted octanol–water partition coefficient (Wildman–Crippen LogP) is 1.64. The third-order valence-corrected chi connectivity index (χ3v) is 2.45. The highest BCUT2D eigenvalue weighted by Gasteiger charge is 2.10. The molecule has 1 heterocycles. The van der Waals surface area contributed by atoms with Gasteiger partial charge in [-0.3, -0.25) is 9.78 Å². The van der Waals surface area contributed by atoms with Crippen molar-refractivity contribution in [1.29, 1.82) is 0 Å². The van der Waals surface area contributed by atoms with Gasteiger partial charge in [-0.2, -0.15) is 0 Å². The Morgan fingerprint density at radius 2 is 2.38 bits per heavy atom. The zero-order valence-corrected chi connectivity index (χ0v) is 11.1. The lowest BCUT2D eigenvalue weighted by Gasteiger charge is -2.12. The first-order valence-corrected chi connectivity index (χ1v) is 5.89. The number of aromatic nitrogens is 1. The van der Waals surface area contributed by atoms with Crippen LogP contribution in [0.3, 0.4) is 0 Å². The summed E-state index contributed by atoms with van der Waals surface area (Å²) in [6, 6.07) is 1.62. The maximum absolute atomic E-state index is 11.7. The van der Waals surface area contributed by atoms with E-state index in [9.17, 15) is 4.79 Å². The van der Waals surface area contributed by atoms with Crippen molar-refractivity contribution in [3.63, 3.8) is 0 Å². The molecule has 1 unspecified atom stereocenters. The van der Waals surface area contributed by atoms with Crippen molar-refractivity contribution in [2.45, 2.75) is 19.4 Å². The lowest BCUT2D eigenvalue weighted by atomic mass is 10.2. The molecule has 0 aromatic carbocycles. The van der Waals surface area contributed by atoms with Crippen LogP contribution in [0.4, 0.5) is 0 Å². The minimum absolute atomic E-state index is 0.0796. The molecule has 0 saturated heterocycles. The number of hydrogen-bond acceptors (Lipinski definition) is 3. The topological polar surface area (TPSA) is 68.0 Å². The minimum atomic E-state index is -0.183. The van der Waals surface area contributed by atoms with Crippen LogP contribution in [0.25, 0.3) is 0 Å². The molecule has 1 rings (SSSR count).